The molecule has 1 N–H and O–H groups in total. The third-order valence-electron chi connectivity index (χ3n) is 2.40. The summed E-state index contributed by atoms with van der Waals surface area (Å²) in [4.78, 5) is 11.7. The van der Waals surface area contributed by atoms with Crippen molar-refractivity contribution >= 4 is 17.6 Å². The van der Waals surface area contributed by atoms with Crippen molar-refractivity contribution in [3.63, 3.8) is 0 Å². The van der Waals surface area contributed by atoms with Gasteiger partial charge in [0, 0.05) is 10.6 Å². The van der Waals surface area contributed by atoms with Crippen LogP contribution in [0.3, 0.4) is 0 Å². The SMILES string of the molecule is O=C(OCc1ccccc1Cl)c1cccc(O)c1. The Balaban J connectivity index is 2.03. The third kappa shape index (κ3) is 3.02. The summed E-state index contributed by atoms with van der Waals surface area (Å²) in [5.41, 5.74) is 1.05. The largest absolute Gasteiger partial charge is 0.508 e. The Hall–Kier alpha value is -2.00. The Morgan fingerprint density at radius 3 is 2.67 bits per heavy atom. The molecule has 3 nitrogen and oxygen atoms in total. The molecule has 2 aromatic rings. The monoisotopic (exact) mass is 262 g/mol. The van der Waals surface area contributed by atoms with E-state index in [1.54, 1.807) is 24.3 Å². The first-order valence-electron chi connectivity index (χ1n) is 5.36. The zero-order chi connectivity index (χ0) is 13.0. The highest BCUT2D eigenvalue weighted by molar-refractivity contribution is 6.31. The van der Waals surface area contributed by atoms with Gasteiger partial charge in [0.15, 0.2) is 0 Å². The first-order chi connectivity index (χ1) is 8.66. The Kier molecular flexibility index (Phi) is 3.85. The van der Waals surface area contributed by atoms with Gasteiger partial charge in [0.05, 0.1) is 5.56 Å². The highest BCUT2D eigenvalue weighted by Gasteiger charge is 2.08. The lowest BCUT2D eigenvalue weighted by molar-refractivity contribution is 0.0472. The molecular formula is C14H11ClO3. The average molecular weight is 263 g/mol. The molecule has 0 fully saturated rings. The minimum Gasteiger partial charge on any atom is -0.508 e. The van der Waals surface area contributed by atoms with Crippen LogP contribution in [0.4, 0.5) is 0 Å². The molecule has 0 aliphatic rings. The van der Waals surface area contributed by atoms with Gasteiger partial charge in [0.25, 0.3) is 0 Å². The number of halogens is 1. The van der Waals surface area contributed by atoms with Crippen molar-refractivity contribution in [3.05, 3.63) is 64.7 Å². The summed E-state index contributed by atoms with van der Waals surface area (Å²) in [5, 5.41) is 9.82. The number of phenols is 1. The number of phenolic OH excluding ortho intramolecular Hbond substituents is 1. The van der Waals surface area contributed by atoms with Crippen molar-refractivity contribution in [1.82, 2.24) is 0 Å². The van der Waals surface area contributed by atoms with Crippen LogP contribution < -0.4 is 0 Å². The maximum absolute atomic E-state index is 11.7. The van der Waals surface area contributed by atoms with Crippen LogP contribution in [0.2, 0.25) is 5.02 Å². The number of benzene rings is 2. The summed E-state index contributed by atoms with van der Waals surface area (Å²) >= 11 is 5.95. The number of rotatable bonds is 3. The van der Waals surface area contributed by atoms with Crippen molar-refractivity contribution in [3.8, 4) is 5.75 Å². The summed E-state index contributed by atoms with van der Waals surface area (Å²) in [5.74, 6) is -0.465. The van der Waals surface area contributed by atoms with E-state index in [0.29, 0.717) is 10.6 Å². The minimum absolute atomic E-state index is 0.0298. The number of carbonyl (C=O) groups excluding carboxylic acids is 1. The lowest BCUT2D eigenvalue weighted by atomic mass is 10.2. The van der Waals surface area contributed by atoms with Crippen molar-refractivity contribution < 1.29 is 14.6 Å². The first-order valence-corrected chi connectivity index (χ1v) is 5.74. The fraction of sp³-hybridized carbons (Fsp3) is 0.0714. The van der Waals surface area contributed by atoms with Gasteiger partial charge in [-0.25, -0.2) is 4.79 Å². The van der Waals surface area contributed by atoms with Crippen molar-refractivity contribution in [2.75, 3.05) is 0 Å². The molecule has 0 bridgehead atoms. The average Bonchev–Trinajstić information content (AvgIpc) is 2.37. The first kappa shape index (κ1) is 12.5. The van der Waals surface area contributed by atoms with E-state index < -0.39 is 5.97 Å². The van der Waals surface area contributed by atoms with Crippen LogP contribution in [0.1, 0.15) is 15.9 Å². The number of hydrogen-bond donors (Lipinski definition) is 1. The van der Waals surface area contributed by atoms with E-state index in [9.17, 15) is 9.90 Å². The fourth-order valence-corrected chi connectivity index (χ4v) is 1.67. The third-order valence-corrected chi connectivity index (χ3v) is 2.77. The number of carbonyl (C=O) groups is 1. The standard InChI is InChI=1S/C14H11ClO3/c15-13-7-2-1-4-11(13)9-18-14(17)10-5-3-6-12(16)8-10/h1-8,16H,9H2. The molecule has 92 valence electrons. The van der Waals surface area contributed by atoms with Gasteiger partial charge in [0.1, 0.15) is 12.4 Å². The molecule has 2 aromatic carbocycles. The lowest BCUT2D eigenvalue weighted by Crippen LogP contribution is -2.05. The second kappa shape index (κ2) is 5.56. The summed E-state index contributed by atoms with van der Waals surface area (Å²) in [6, 6.07) is 13.2. The maximum Gasteiger partial charge on any atom is 0.338 e. The minimum atomic E-state index is -0.495. The highest BCUT2D eigenvalue weighted by Crippen LogP contribution is 2.17. The van der Waals surface area contributed by atoms with Crippen LogP contribution in [0.5, 0.6) is 5.75 Å². The number of ether oxygens (including phenoxy) is 1. The van der Waals surface area contributed by atoms with Gasteiger partial charge in [-0.15, -0.1) is 0 Å². The molecule has 2 rings (SSSR count). The van der Waals surface area contributed by atoms with Crippen LogP contribution >= 0.6 is 11.6 Å². The normalized spacial score (nSPS) is 10.1. The van der Waals surface area contributed by atoms with Gasteiger partial charge < -0.3 is 9.84 Å². The van der Waals surface area contributed by atoms with E-state index in [2.05, 4.69) is 0 Å². The number of aromatic hydroxyl groups is 1. The van der Waals surface area contributed by atoms with E-state index >= 15 is 0 Å². The van der Waals surface area contributed by atoms with Crippen LogP contribution in [0, 0.1) is 0 Å². The van der Waals surface area contributed by atoms with E-state index in [-0.39, 0.29) is 12.4 Å². The van der Waals surface area contributed by atoms with E-state index in [1.807, 2.05) is 12.1 Å². The molecule has 4 heteroatoms. The van der Waals surface area contributed by atoms with Gasteiger partial charge in [-0.05, 0) is 24.3 Å². The second-order valence-corrected chi connectivity index (χ2v) is 4.13. The molecule has 0 spiro atoms. The summed E-state index contributed by atoms with van der Waals surface area (Å²) in [6.07, 6.45) is 0. The molecule has 0 aromatic heterocycles. The van der Waals surface area contributed by atoms with Gasteiger partial charge in [-0.3, -0.25) is 0 Å². The Bertz CT molecular complexity index is 566. The van der Waals surface area contributed by atoms with E-state index in [1.165, 1.54) is 12.1 Å². The topological polar surface area (TPSA) is 46.5 Å². The Labute approximate surface area is 110 Å². The molecule has 0 heterocycles. The van der Waals surface area contributed by atoms with E-state index in [0.717, 1.165) is 5.56 Å². The van der Waals surface area contributed by atoms with Gasteiger partial charge in [-0.1, -0.05) is 35.9 Å². The molecule has 18 heavy (non-hydrogen) atoms. The molecule has 0 amide bonds. The van der Waals surface area contributed by atoms with Crippen molar-refractivity contribution in [2.24, 2.45) is 0 Å². The molecule has 0 unspecified atom stereocenters. The summed E-state index contributed by atoms with van der Waals surface area (Å²) < 4.78 is 5.12. The van der Waals surface area contributed by atoms with Gasteiger partial charge in [0.2, 0.25) is 0 Å². The zero-order valence-corrected chi connectivity index (χ0v) is 10.2. The van der Waals surface area contributed by atoms with Crippen LogP contribution in [0.15, 0.2) is 48.5 Å². The predicted molar refractivity (Wildman–Crippen MR) is 68.7 cm³/mol. The van der Waals surface area contributed by atoms with Crippen molar-refractivity contribution in [2.45, 2.75) is 6.61 Å². The molecule has 0 radical (unpaired) electrons. The highest BCUT2D eigenvalue weighted by atomic mass is 35.5. The molecule has 0 aliphatic heterocycles. The van der Waals surface area contributed by atoms with Crippen LogP contribution in [-0.2, 0) is 11.3 Å². The van der Waals surface area contributed by atoms with E-state index in [4.69, 9.17) is 16.3 Å². The molecular weight excluding hydrogens is 252 g/mol. The Morgan fingerprint density at radius 1 is 1.17 bits per heavy atom. The molecule has 0 saturated carbocycles. The predicted octanol–water partition coefficient (Wildman–Crippen LogP) is 3.40. The number of esters is 1. The second-order valence-electron chi connectivity index (χ2n) is 3.72. The quantitative estimate of drug-likeness (QED) is 0.863. The van der Waals surface area contributed by atoms with Crippen molar-refractivity contribution in [1.29, 1.82) is 0 Å². The smallest absolute Gasteiger partial charge is 0.338 e. The van der Waals surface area contributed by atoms with Crippen LogP contribution in [0.25, 0.3) is 0 Å². The number of hydrogen-bond acceptors (Lipinski definition) is 3. The van der Waals surface area contributed by atoms with Crippen LogP contribution in [-0.4, -0.2) is 11.1 Å². The summed E-state index contributed by atoms with van der Waals surface area (Å²) in [7, 11) is 0. The van der Waals surface area contributed by atoms with Gasteiger partial charge in [-0.2, -0.15) is 0 Å². The van der Waals surface area contributed by atoms with Gasteiger partial charge >= 0.3 is 5.97 Å². The lowest BCUT2D eigenvalue weighted by Gasteiger charge is -2.06. The molecule has 0 aliphatic carbocycles. The zero-order valence-electron chi connectivity index (χ0n) is 9.47. The molecule has 0 atom stereocenters. The molecule has 0 saturated heterocycles. The maximum atomic E-state index is 11.7. The fourth-order valence-electron chi connectivity index (χ4n) is 1.47. The Morgan fingerprint density at radius 2 is 1.94 bits per heavy atom. The summed E-state index contributed by atoms with van der Waals surface area (Å²) in [6.45, 7) is 0.105.